The van der Waals surface area contributed by atoms with Crippen molar-refractivity contribution in [3.63, 3.8) is 0 Å². The van der Waals surface area contributed by atoms with E-state index in [1.54, 1.807) is 19.1 Å². The molecular weight excluding hydrogens is 383 g/mol. The van der Waals surface area contributed by atoms with Crippen LogP contribution in [0.15, 0.2) is 45.3 Å². The van der Waals surface area contributed by atoms with Gasteiger partial charge in [-0.25, -0.2) is 4.39 Å². The second kappa shape index (κ2) is 9.03. The average molecular weight is 408 g/mol. The topological polar surface area (TPSA) is 141 Å². The van der Waals surface area contributed by atoms with E-state index in [-0.39, 0.29) is 18.0 Å². The van der Waals surface area contributed by atoms with Crippen LogP contribution in [-0.2, 0) is 14.4 Å². The minimum atomic E-state index is -1.39. The molecule has 2 unspecified atom stereocenters. The van der Waals surface area contributed by atoms with E-state index in [2.05, 4.69) is 5.32 Å². The third-order valence-corrected chi connectivity index (χ3v) is 7.25. The SMILES string of the molecule is CCC(C(=O)NC1=C(C(N)=O)C(C)=C(C(N)=O)[SH]1CCN)c1ccc(F)cc1. The average Bonchev–Trinajstić information content (AvgIpc) is 2.89. The highest BCUT2D eigenvalue weighted by Crippen LogP contribution is 2.51. The zero-order valence-electron chi connectivity index (χ0n) is 15.8. The van der Waals surface area contributed by atoms with Crippen LogP contribution in [0.5, 0.6) is 0 Å². The molecular formula is C19H25FN4O3S. The lowest BCUT2D eigenvalue weighted by atomic mass is 9.95. The smallest absolute Gasteiger partial charge is 0.254 e. The molecule has 0 spiro atoms. The molecule has 152 valence electrons. The van der Waals surface area contributed by atoms with Gasteiger partial charge in [0.2, 0.25) is 5.91 Å². The number of amides is 3. The largest absolute Gasteiger partial charge is 0.366 e. The third kappa shape index (κ3) is 4.26. The number of primary amides is 2. The lowest BCUT2D eigenvalue weighted by Crippen LogP contribution is -2.31. The normalized spacial score (nSPS) is 18.9. The van der Waals surface area contributed by atoms with E-state index >= 15 is 0 Å². The summed E-state index contributed by atoms with van der Waals surface area (Å²) in [5, 5.41) is 3.10. The first-order chi connectivity index (χ1) is 13.2. The van der Waals surface area contributed by atoms with E-state index in [0.717, 1.165) is 0 Å². The molecule has 3 amide bonds. The highest BCUT2D eigenvalue weighted by molar-refractivity contribution is 8.24. The van der Waals surface area contributed by atoms with Crippen LogP contribution < -0.4 is 22.5 Å². The van der Waals surface area contributed by atoms with Crippen LogP contribution in [0.3, 0.4) is 0 Å². The van der Waals surface area contributed by atoms with Gasteiger partial charge in [0.15, 0.2) is 0 Å². The molecule has 9 heteroatoms. The molecule has 7 nitrogen and oxygen atoms in total. The summed E-state index contributed by atoms with van der Waals surface area (Å²) in [6.07, 6.45) is 0.459. The number of rotatable bonds is 8. The lowest BCUT2D eigenvalue weighted by Gasteiger charge is -2.24. The van der Waals surface area contributed by atoms with Gasteiger partial charge in [-0.15, -0.1) is 0 Å². The number of hydrogen-bond acceptors (Lipinski definition) is 4. The van der Waals surface area contributed by atoms with E-state index in [9.17, 15) is 18.8 Å². The second-order valence-electron chi connectivity index (χ2n) is 6.37. The fourth-order valence-corrected chi connectivity index (χ4v) is 5.82. The molecule has 1 aliphatic rings. The molecule has 1 aliphatic heterocycles. The van der Waals surface area contributed by atoms with E-state index < -0.39 is 34.4 Å². The molecule has 2 atom stereocenters. The van der Waals surface area contributed by atoms with Gasteiger partial charge < -0.3 is 22.5 Å². The molecule has 2 rings (SSSR count). The predicted octanol–water partition coefficient (Wildman–Crippen LogP) is 0.865. The summed E-state index contributed by atoms with van der Waals surface area (Å²) in [5.74, 6) is -2.36. The highest BCUT2D eigenvalue weighted by Gasteiger charge is 2.36. The molecule has 0 saturated heterocycles. The maximum Gasteiger partial charge on any atom is 0.254 e. The van der Waals surface area contributed by atoms with Crippen molar-refractivity contribution in [1.82, 2.24) is 5.32 Å². The Balaban J connectivity index is 2.42. The van der Waals surface area contributed by atoms with Crippen LogP contribution in [-0.4, -0.2) is 30.0 Å². The minimum Gasteiger partial charge on any atom is -0.366 e. The van der Waals surface area contributed by atoms with Crippen LogP contribution in [0.1, 0.15) is 31.7 Å². The Morgan fingerprint density at radius 2 is 1.75 bits per heavy atom. The van der Waals surface area contributed by atoms with Gasteiger partial charge in [0.1, 0.15) is 5.82 Å². The van der Waals surface area contributed by atoms with Crippen molar-refractivity contribution >= 4 is 28.6 Å². The number of nitrogens with one attached hydrogen (secondary N) is 1. The van der Waals surface area contributed by atoms with Gasteiger partial charge in [0, 0.05) is 6.54 Å². The minimum absolute atomic E-state index is 0.107. The van der Waals surface area contributed by atoms with Crippen molar-refractivity contribution in [2.24, 2.45) is 17.2 Å². The zero-order chi connectivity index (χ0) is 21.0. The van der Waals surface area contributed by atoms with Gasteiger partial charge in [-0.2, -0.15) is 10.9 Å². The van der Waals surface area contributed by atoms with Crippen LogP contribution >= 0.6 is 10.9 Å². The summed E-state index contributed by atoms with van der Waals surface area (Å²) < 4.78 is 13.2. The molecule has 1 aromatic rings. The summed E-state index contributed by atoms with van der Waals surface area (Å²) >= 11 is 0. The Labute approximate surface area is 165 Å². The van der Waals surface area contributed by atoms with Gasteiger partial charge in [0.25, 0.3) is 11.8 Å². The monoisotopic (exact) mass is 408 g/mol. The summed E-state index contributed by atoms with van der Waals surface area (Å²) in [5.41, 5.74) is 17.8. The molecule has 1 heterocycles. The quantitative estimate of drug-likeness (QED) is 0.407. The fourth-order valence-electron chi connectivity index (χ4n) is 3.32. The highest BCUT2D eigenvalue weighted by atomic mass is 32.2. The Morgan fingerprint density at radius 1 is 1.14 bits per heavy atom. The lowest BCUT2D eigenvalue weighted by molar-refractivity contribution is -0.121. The summed E-state index contributed by atoms with van der Waals surface area (Å²) in [6.45, 7) is 3.66. The number of carbonyl (C=O) groups excluding carboxylic acids is 3. The molecule has 0 radical (unpaired) electrons. The van der Waals surface area contributed by atoms with Crippen molar-refractivity contribution < 1.29 is 18.8 Å². The van der Waals surface area contributed by atoms with Crippen LogP contribution in [0.25, 0.3) is 0 Å². The van der Waals surface area contributed by atoms with E-state index in [4.69, 9.17) is 17.2 Å². The number of thiol groups is 1. The maximum absolute atomic E-state index is 13.2. The Kier molecular flexibility index (Phi) is 6.98. The van der Waals surface area contributed by atoms with E-state index in [0.29, 0.717) is 33.2 Å². The summed E-state index contributed by atoms with van der Waals surface area (Å²) in [6, 6.07) is 5.66. The van der Waals surface area contributed by atoms with Gasteiger partial charge in [-0.3, -0.25) is 14.4 Å². The first-order valence-corrected chi connectivity index (χ1v) is 10.3. The Hall–Kier alpha value is -2.65. The van der Waals surface area contributed by atoms with Crippen molar-refractivity contribution in [2.45, 2.75) is 26.2 Å². The first-order valence-electron chi connectivity index (χ1n) is 8.81. The summed E-state index contributed by atoms with van der Waals surface area (Å²) in [4.78, 5) is 37.2. The Bertz CT molecular complexity index is 864. The number of hydrogen-bond donors (Lipinski definition) is 5. The summed E-state index contributed by atoms with van der Waals surface area (Å²) in [7, 11) is -1.39. The van der Waals surface area contributed by atoms with E-state index in [1.165, 1.54) is 12.1 Å². The van der Waals surface area contributed by atoms with Gasteiger partial charge in [-0.05, 0) is 42.4 Å². The van der Waals surface area contributed by atoms with Crippen LogP contribution in [0.4, 0.5) is 4.39 Å². The molecule has 0 bridgehead atoms. The van der Waals surface area contributed by atoms with Gasteiger partial charge >= 0.3 is 0 Å². The third-order valence-electron chi connectivity index (χ3n) is 4.58. The van der Waals surface area contributed by atoms with Crippen molar-refractivity contribution in [2.75, 3.05) is 12.3 Å². The maximum atomic E-state index is 13.2. The van der Waals surface area contributed by atoms with Crippen LogP contribution in [0, 0.1) is 5.82 Å². The van der Waals surface area contributed by atoms with Gasteiger partial charge in [-0.1, -0.05) is 19.1 Å². The molecule has 7 N–H and O–H groups in total. The van der Waals surface area contributed by atoms with Crippen molar-refractivity contribution in [3.8, 4) is 0 Å². The van der Waals surface area contributed by atoms with Gasteiger partial charge in [0.05, 0.1) is 21.4 Å². The number of nitrogens with two attached hydrogens (primary N) is 3. The number of carbonyl (C=O) groups is 3. The standard InChI is InChI=1S/C19H25FN4O3S/c1-3-13(11-4-6-12(20)7-5-11)18(27)24-19-14(16(22)25)10(2)15(17(23)26)28(19)9-8-21/h4-7,13,28H,3,8-9,21H2,1-2H3,(H2,22,25)(H2,23,26)(H,24,27). The van der Waals surface area contributed by atoms with E-state index in [1.807, 2.05) is 6.92 Å². The molecule has 0 fully saturated rings. The second-order valence-corrected chi connectivity index (χ2v) is 8.57. The first kappa shape index (κ1) is 21.6. The molecule has 28 heavy (non-hydrogen) atoms. The van der Waals surface area contributed by atoms with Crippen molar-refractivity contribution in [3.05, 3.63) is 56.7 Å². The molecule has 1 aromatic carbocycles. The zero-order valence-corrected chi connectivity index (χ0v) is 16.7. The number of halogens is 1. The molecule has 0 saturated carbocycles. The number of benzene rings is 1. The van der Waals surface area contributed by atoms with Crippen LogP contribution in [0.2, 0.25) is 0 Å². The Morgan fingerprint density at radius 3 is 2.21 bits per heavy atom. The molecule has 0 aliphatic carbocycles. The van der Waals surface area contributed by atoms with Crippen molar-refractivity contribution in [1.29, 1.82) is 0 Å². The molecule has 0 aromatic heterocycles. The predicted molar refractivity (Wildman–Crippen MR) is 109 cm³/mol. The fraction of sp³-hybridized carbons (Fsp3) is 0.316.